The van der Waals surface area contributed by atoms with E-state index in [1.54, 1.807) is 0 Å². The fourth-order valence-electron chi connectivity index (χ4n) is 3.03. The normalized spacial score (nSPS) is 18.3. The van der Waals surface area contributed by atoms with Gasteiger partial charge in [-0.15, -0.1) is 5.10 Å². The van der Waals surface area contributed by atoms with Crippen molar-refractivity contribution >= 4 is 21.7 Å². The van der Waals surface area contributed by atoms with Gasteiger partial charge in [0.1, 0.15) is 16.1 Å². The number of halogens is 1. The Labute approximate surface area is 144 Å². The number of pyridine rings is 1. The van der Waals surface area contributed by atoms with E-state index in [1.165, 1.54) is 12.8 Å². The van der Waals surface area contributed by atoms with Crippen LogP contribution in [-0.4, -0.2) is 39.7 Å². The highest BCUT2D eigenvalue weighted by Gasteiger charge is 2.52. The zero-order valence-electron chi connectivity index (χ0n) is 13.2. The third-order valence-electron chi connectivity index (χ3n) is 4.62. The molecule has 1 aliphatic carbocycles. The summed E-state index contributed by atoms with van der Waals surface area (Å²) in [6.07, 6.45) is 4.69. The third-order valence-corrected chi connectivity index (χ3v) is 5.30. The lowest BCUT2D eigenvalue weighted by atomic mass is 9.97. The van der Waals surface area contributed by atoms with Gasteiger partial charge in [-0.1, -0.05) is 11.3 Å². The molecule has 1 saturated carbocycles. The number of anilines is 1. The average Bonchev–Trinajstić information content (AvgIpc) is 3.20. The zero-order chi connectivity index (χ0) is 15.9. The van der Waals surface area contributed by atoms with E-state index < -0.39 is 0 Å². The summed E-state index contributed by atoms with van der Waals surface area (Å²) in [6, 6.07) is 4.22. The fraction of sp³-hybridized carbons (Fsp3) is 0.562. The van der Waals surface area contributed by atoms with Crippen LogP contribution in [0.4, 0.5) is 5.82 Å². The lowest BCUT2D eigenvalue weighted by Crippen LogP contribution is -2.48. The Morgan fingerprint density at radius 2 is 2.13 bits per heavy atom. The molecule has 4 rings (SSSR count). The van der Waals surface area contributed by atoms with Crippen LogP contribution in [0.5, 0.6) is 0 Å². The van der Waals surface area contributed by atoms with Crippen molar-refractivity contribution < 1.29 is 4.74 Å². The van der Waals surface area contributed by atoms with Gasteiger partial charge in [-0.2, -0.15) is 0 Å². The number of hydrogen-bond donors (Lipinski definition) is 0. The van der Waals surface area contributed by atoms with Gasteiger partial charge in [0.05, 0.1) is 19.3 Å². The molecule has 7 heteroatoms. The maximum atomic E-state index is 5.35. The van der Waals surface area contributed by atoms with Gasteiger partial charge in [0.2, 0.25) is 0 Å². The van der Waals surface area contributed by atoms with Crippen LogP contribution in [0, 0.1) is 5.41 Å². The van der Waals surface area contributed by atoms with E-state index in [-0.39, 0.29) is 0 Å². The van der Waals surface area contributed by atoms with E-state index in [2.05, 4.69) is 43.3 Å². The van der Waals surface area contributed by atoms with Crippen LogP contribution in [0.2, 0.25) is 0 Å². The second-order valence-corrected chi connectivity index (χ2v) is 7.27. The largest absolute Gasteiger partial charge is 0.375 e. The average molecular weight is 378 g/mol. The van der Waals surface area contributed by atoms with Gasteiger partial charge in [0, 0.05) is 30.7 Å². The molecule has 0 bridgehead atoms. The first-order chi connectivity index (χ1) is 11.2. The van der Waals surface area contributed by atoms with Gasteiger partial charge in [0.15, 0.2) is 0 Å². The minimum absolute atomic E-state index is 0.506. The summed E-state index contributed by atoms with van der Waals surface area (Å²) < 4.78 is 8.05. The van der Waals surface area contributed by atoms with Gasteiger partial charge in [0.25, 0.3) is 0 Å². The van der Waals surface area contributed by atoms with E-state index in [9.17, 15) is 0 Å². The topological polar surface area (TPSA) is 56.1 Å². The maximum Gasteiger partial charge on any atom is 0.129 e. The molecule has 0 unspecified atom stereocenters. The zero-order valence-corrected chi connectivity index (χ0v) is 14.8. The Morgan fingerprint density at radius 1 is 1.30 bits per heavy atom. The second kappa shape index (κ2) is 5.87. The van der Waals surface area contributed by atoms with Crippen LogP contribution in [0.3, 0.4) is 0 Å². The Bertz CT molecular complexity index is 704. The first-order valence-electron chi connectivity index (χ1n) is 8.05. The monoisotopic (exact) mass is 377 g/mol. The molecule has 0 radical (unpaired) electrons. The molecule has 0 N–H and O–H groups in total. The van der Waals surface area contributed by atoms with Gasteiger partial charge >= 0.3 is 0 Å². The summed E-state index contributed by atoms with van der Waals surface area (Å²) in [5.41, 5.74) is 2.59. The molecule has 23 heavy (non-hydrogen) atoms. The highest BCUT2D eigenvalue weighted by atomic mass is 79.9. The predicted molar refractivity (Wildman–Crippen MR) is 90.3 cm³/mol. The molecule has 6 nitrogen and oxygen atoms in total. The third kappa shape index (κ3) is 3.12. The quantitative estimate of drug-likeness (QED) is 0.724. The van der Waals surface area contributed by atoms with Crippen LogP contribution in [-0.2, 0) is 17.9 Å². The van der Waals surface area contributed by atoms with Gasteiger partial charge < -0.3 is 9.64 Å². The molecule has 0 atom stereocenters. The Morgan fingerprint density at radius 3 is 2.83 bits per heavy atom. The summed E-state index contributed by atoms with van der Waals surface area (Å²) in [5.74, 6) is 1.06. The first-order valence-corrected chi connectivity index (χ1v) is 8.84. The second-order valence-electron chi connectivity index (χ2n) is 6.52. The van der Waals surface area contributed by atoms with Crippen molar-refractivity contribution in [1.29, 1.82) is 0 Å². The molecule has 3 heterocycles. The summed E-state index contributed by atoms with van der Waals surface area (Å²) in [6.45, 7) is 6.13. The van der Waals surface area contributed by atoms with Crippen LogP contribution in [0.15, 0.2) is 22.9 Å². The molecule has 122 valence electrons. The lowest BCUT2D eigenvalue weighted by Gasteiger charge is -2.41. The standard InChI is InChI=1S/C16H20BrN5O/c1-2-23-9-13-8-22(20-19-13)7-12-3-4-14(18-15(12)17)21-10-16(11-21)5-6-16/h3-4,8H,2,5-7,9-11H2,1H3. The molecule has 1 saturated heterocycles. The molecule has 2 aliphatic rings. The van der Waals surface area contributed by atoms with Crippen molar-refractivity contribution in [1.82, 2.24) is 20.0 Å². The number of nitrogens with zero attached hydrogens (tertiary/aromatic N) is 5. The molecule has 1 spiro atoms. The predicted octanol–water partition coefficient (Wildman–Crippen LogP) is 2.62. The van der Waals surface area contributed by atoms with Crippen LogP contribution < -0.4 is 4.90 Å². The minimum Gasteiger partial charge on any atom is -0.375 e. The van der Waals surface area contributed by atoms with E-state index in [0.717, 1.165) is 34.8 Å². The number of hydrogen-bond acceptors (Lipinski definition) is 5. The fourth-order valence-corrected chi connectivity index (χ4v) is 3.47. The Balaban J connectivity index is 1.41. The van der Waals surface area contributed by atoms with Crippen molar-refractivity contribution in [3.63, 3.8) is 0 Å². The van der Waals surface area contributed by atoms with Gasteiger partial charge in [-0.25, -0.2) is 9.67 Å². The van der Waals surface area contributed by atoms with Crippen molar-refractivity contribution in [2.75, 3.05) is 24.6 Å². The lowest BCUT2D eigenvalue weighted by molar-refractivity contribution is 0.131. The van der Waals surface area contributed by atoms with Crippen LogP contribution in [0.1, 0.15) is 31.0 Å². The number of aromatic nitrogens is 4. The maximum absolute atomic E-state index is 5.35. The molecule has 1 aliphatic heterocycles. The first kappa shape index (κ1) is 15.1. The molecular weight excluding hydrogens is 358 g/mol. The van der Waals surface area contributed by atoms with Crippen LogP contribution in [0.25, 0.3) is 0 Å². The number of rotatable bonds is 6. The molecule has 2 fully saturated rings. The molecule has 2 aromatic heterocycles. The van der Waals surface area contributed by atoms with Crippen molar-refractivity contribution in [2.24, 2.45) is 5.41 Å². The SMILES string of the molecule is CCOCc1cn(Cc2ccc(N3CC4(CC4)C3)nc2Br)nn1. The molecule has 0 aromatic carbocycles. The smallest absolute Gasteiger partial charge is 0.129 e. The Hall–Kier alpha value is -1.47. The number of ether oxygens (including phenoxy) is 1. The Kier molecular flexibility index (Phi) is 3.85. The van der Waals surface area contributed by atoms with E-state index in [1.807, 2.05) is 17.8 Å². The van der Waals surface area contributed by atoms with Crippen molar-refractivity contribution in [3.8, 4) is 0 Å². The van der Waals surface area contributed by atoms with Crippen LogP contribution >= 0.6 is 15.9 Å². The summed E-state index contributed by atoms with van der Waals surface area (Å²) in [7, 11) is 0. The van der Waals surface area contributed by atoms with E-state index in [4.69, 9.17) is 9.72 Å². The highest BCUT2D eigenvalue weighted by molar-refractivity contribution is 9.10. The molecule has 2 aromatic rings. The molecular formula is C16H20BrN5O. The summed E-state index contributed by atoms with van der Waals surface area (Å²) in [4.78, 5) is 7.06. The highest BCUT2D eigenvalue weighted by Crippen LogP contribution is 2.53. The summed E-state index contributed by atoms with van der Waals surface area (Å²) >= 11 is 3.60. The van der Waals surface area contributed by atoms with E-state index >= 15 is 0 Å². The van der Waals surface area contributed by atoms with Crippen molar-refractivity contribution in [2.45, 2.75) is 32.9 Å². The van der Waals surface area contributed by atoms with Gasteiger partial charge in [-0.05, 0) is 41.8 Å². The minimum atomic E-state index is 0.506. The van der Waals surface area contributed by atoms with Crippen molar-refractivity contribution in [3.05, 3.63) is 34.2 Å². The summed E-state index contributed by atoms with van der Waals surface area (Å²) in [5, 5.41) is 8.26. The van der Waals surface area contributed by atoms with E-state index in [0.29, 0.717) is 25.2 Å². The molecule has 0 amide bonds. The van der Waals surface area contributed by atoms with Gasteiger partial charge in [-0.3, -0.25) is 0 Å².